The van der Waals surface area contributed by atoms with Gasteiger partial charge in [0.1, 0.15) is 17.0 Å². The highest BCUT2D eigenvalue weighted by Gasteiger charge is 2.56. The molecule has 3 atom stereocenters. The molecule has 0 bridgehead atoms. The molecule has 0 fully saturated rings. The number of carboxylic acids is 1. The van der Waals surface area contributed by atoms with Gasteiger partial charge in [0.25, 0.3) is 0 Å². The number of anilines is 1. The lowest BCUT2D eigenvalue weighted by Crippen LogP contribution is -2.48. The second-order valence-electron chi connectivity index (χ2n) is 7.87. The van der Waals surface area contributed by atoms with E-state index in [1.807, 2.05) is 0 Å². The summed E-state index contributed by atoms with van der Waals surface area (Å²) in [6.07, 6.45) is -0.426. The van der Waals surface area contributed by atoms with Gasteiger partial charge in [0.2, 0.25) is 0 Å². The molecule has 17 nitrogen and oxygen atoms in total. The van der Waals surface area contributed by atoms with Crippen LogP contribution in [-0.2, 0) is 33.9 Å². The topological polar surface area (TPSA) is 283 Å². The number of hydrogen-bond donors (Lipinski definition) is 8. The first-order valence-corrected chi connectivity index (χ1v) is 15.7. The van der Waals surface area contributed by atoms with Crippen LogP contribution in [0.1, 0.15) is 37.6 Å². The summed E-state index contributed by atoms with van der Waals surface area (Å²) in [6.45, 7) is 2.32. The molecule has 0 aromatic carbocycles. The summed E-state index contributed by atoms with van der Waals surface area (Å²) < 4.78 is 43.2. The summed E-state index contributed by atoms with van der Waals surface area (Å²) in [5.41, 5.74) is 6.60. The molecule has 0 saturated heterocycles. The molecule has 2 rings (SSSR count). The van der Waals surface area contributed by atoms with Crippen molar-refractivity contribution in [2.75, 3.05) is 12.3 Å². The third kappa shape index (κ3) is 8.55. The summed E-state index contributed by atoms with van der Waals surface area (Å²) in [4.78, 5) is 67.8. The summed E-state index contributed by atoms with van der Waals surface area (Å²) in [5, 5.41) is 15.9. The largest absolute Gasteiger partial charge is 0.481 e. The summed E-state index contributed by atoms with van der Waals surface area (Å²) >= 11 is 0.747. The lowest BCUT2D eigenvalue weighted by molar-refractivity contribution is -0.138. The van der Waals surface area contributed by atoms with Crippen molar-refractivity contribution in [3.63, 3.8) is 0 Å². The molecule has 1 aromatic rings. The number of aryl methyl sites for hydroxylation is 1. The number of aliphatic carboxylic acids is 1. The summed E-state index contributed by atoms with van der Waals surface area (Å²) in [5.74, 6) is -0.987. The first kappa shape index (κ1) is 31.8. The van der Waals surface area contributed by atoms with Gasteiger partial charge in [-0.2, -0.15) is 4.31 Å². The Morgan fingerprint density at radius 2 is 1.84 bits per heavy atom. The number of rotatable bonds is 13. The Bertz CT molecular complexity index is 1200. The van der Waals surface area contributed by atoms with Crippen molar-refractivity contribution in [3.8, 4) is 0 Å². The van der Waals surface area contributed by atoms with Crippen LogP contribution in [-0.4, -0.2) is 72.8 Å². The maximum Gasteiger partial charge on any atom is 0.481 e. The minimum atomic E-state index is -5.37. The number of allylic oxidation sites excluding steroid dienone is 1. The molecule has 1 aliphatic rings. The number of thioether (sulfide) groups is 1. The molecule has 0 radical (unpaired) electrons. The van der Waals surface area contributed by atoms with Crippen molar-refractivity contribution in [1.29, 1.82) is 0 Å². The van der Waals surface area contributed by atoms with Crippen LogP contribution in [0.4, 0.5) is 5.82 Å². The maximum absolute atomic E-state index is 12.4. The monoisotopic (exact) mass is 608 g/mol. The Balaban J connectivity index is 2.40. The van der Waals surface area contributed by atoms with Gasteiger partial charge in [0.15, 0.2) is 5.34 Å². The van der Waals surface area contributed by atoms with Gasteiger partial charge < -0.3 is 45.3 Å². The van der Waals surface area contributed by atoms with Crippen molar-refractivity contribution < 1.29 is 62.0 Å². The summed E-state index contributed by atoms with van der Waals surface area (Å²) in [6, 6.07) is 0. The molecule has 0 saturated carbocycles. The standard InChI is InChI=1S/C16H27N4O13P3S/c1-9-12(4-6-32-36(30,31)33-35(27,28)29)37-15(16(23,34(24,25)26)5-3-13(21)22)20(9)8-11-7-18-10(2)19-14(11)17/h7,15,23H,3-6,8H2,1-2H3,(H,21,22)(H,30,31)(H2,17,18,19)(H2,24,25,26)(H2,27,28,29)/t15-,16+/m1/s1. The van der Waals surface area contributed by atoms with E-state index in [4.69, 9.17) is 20.6 Å². The highest BCUT2D eigenvalue weighted by Crippen LogP contribution is 2.61. The van der Waals surface area contributed by atoms with Crippen molar-refractivity contribution >= 4 is 46.8 Å². The molecule has 0 aliphatic carbocycles. The van der Waals surface area contributed by atoms with Crippen LogP contribution in [0, 0.1) is 6.92 Å². The fourth-order valence-corrected chi connectivity index (χ4v) is 7.75. The first-order valence-electron chi connectivity index (χ1n) is 10.2. The van der Waals surface area contributed by atoms with E-state index in [2.05, 4.69) is 18.8 Å². The van der Waals surface area contributed by atoms with E-state index in [1.54, 1.807) is 6.92 Å². The number of carbonyl (C=O) groups is 1. The van der Waals surface area contributed by atoms with Gasteiger partial charge in [-0.1, -0.05) is 11.8 Å². The van der Waals surface area contributed by atoms with Gasteiger partial charge in [0, 0.05) is 48.2 Å². The first-order chi connectivity index (χ1) is 16.8. The molecular weight excluding hydrogens is 581 g/mol. The summed E-state index contributed by atoms with van der Waals surface area (Å²) in [7, 11) is -15.9. The van der Waals surface area contributed by atoms with Crippen molar-refractivity contribution in [1.82, 2.24) is 14.9 Å². The van der Waals surface area contributed by atoms with E-state index in [9.17, 15) is 38.3 Å². The van der Waals surface area contributed by atoms with Crippen molar-refractivity contribution in [2.24, 2.45) is 0 Å². The van der Waals surface area contributed by atoms with Crippen molar-refractivity contribution in [3.05, 3.63) is 28.2 Å². The Labute approximate surface area is 214 Å². The number of nitrogen functional groups attached to an aromatic ring is 1. The van der Waals surface area contributed by atoms with Crippen LogP contribution in [0.5, 0.6) is 0 Å². The van der Waals surface area contributed by atoms with Crippen LogP contribution in [0.2, 0.25) is 0 Å². The number of aliphatic hydroxyl groups is 1. The predicted octanol–water partition coefficient (Wildman–Crippen LogP) is 0.821. The minimum absolute atomic E-state index is 0.0573. The predicted molar refractivity (Wildman–Crippen MR) is 128 cm³/mol. The fraction of sp³-hybridized carbons (Fsp3) is 0.562. The zero-order chi connectivity index (χ0) is 28.4. The lowest BCUT2D eigenvalue weighted by Gasteiger charge is -2.40. The zero-order valence-corrected chi connectivity index (χ0v) is 22.9. The number of phosphoric acid groups is 2. The second-order valence-corrected chi connectivity index (χ2v) is 13.7. The van der Waals surface area contributed by atoms with E-state index in [0.29, 0.717) is 22.0 Å². The maximum atomic E-state index is 12.4. The number of carboxylic acid groups (broad SMARTS) is 1. The van der Waals surface area contributed by atoms with Crippen molar-refractivity contribution in [2.45, 2.75) is 50.4 Å². The smallest absolute Gasteiger partial charge is 0.481 e. The molecule has 0 spiro atoms. The molecule has 2 heterocycles. The van der Waals surface area contributed by atoms with E-state index in [-0.39, 0.29) is 18.8 Å². The highest BCUT2D eigenvalue weighted by molar-refractivity contribution is 8.04. The molecule has 0 amide bonds. The van der Waals surface area contributed by atoms with E-state index in [0.717, 1.165) is 11.8 Å². The van der Waals surface area contributed by atoms with Gasteiger partial charge in [-0.05, 0) is 13.8 Å². The zero-order valence-electron chi connectivity index (χ0n) is 19.4. The Morgan fingerprint density at radius 1 is 1.22 bits per heavy atom. The highest BCUT2D eigenvalue weighted by atomic mass is 32.2. The molecule has 9 N–H and O–H groups in total. The average molecular weight is 608 g/mol. The molecular formula is C16H27N4O13P3S. The van der Waals surface area contributed by atoms with Crippen LogP contribution in [0.25, 0.3) is 0 Å². The lowest BCUT2D eigenvalue weighted by atomic mass is 10.1. The minimum Gasteiger partial charge on any atom is -0.481 e. The number of aromatic nitrogens is 2. The fourth-order valence-electron chi connectivity index (χ4n) is 3.34. The van der Waals surface area contributed by atoms with Gasteiger partial charge >= 0.3 is 29.2 Å². The van der Waals surface area contributed by atoms with E-state index in [1.165, 1.54) is 18.0 Å². The molecule has 210 valence electrons. The van der Waals surface area contributed by atoms with Gasteiger partial charge in [-0.15, -0.1) is 0 Å². The third-order valence-corrected chi connectivity index (χ3v) is 10.6. The number of hydrogen-bond acceptors (Lipinski definition) is 12. The Hall–Kier alpha value is -1.39. The molecule has 37 heavy (non-hydrogen) atoms. The van der Waals surface area contributed by atoms with Gasteiger partial charge in [-0.25, -0.2) is 19.1 Å². The van der Waals surface area contributed by atoms with Gasteiger partial charge in [0.05, 0.1) is 6.61 Å². The van der Waals surface area contributed by atoms with Crippen LogP contribution in [0.15, 0.2) is 16.8 Å². The van der Waals surface area contributed by atoms with Gasteiger partial charge in [-0.3, -0.25) is 13.9 Å². The SMILES string of the molecule is CC1=C(CCOP(=O)(O)OP(=O)(O)O)S[C@H]([C@](O)(CCC(=O)O)P(=O)(O)O)N1Cc1cnc(C)nc1N. The molecule has 1 aliphatic heterocycles. The molecule has 21 heteroatoms. The molecule has 1 aromatic heterocycles. The third-order valence-electron chi connectivity index (χ3n) is 5.13. The Morgan fingerprint density at radius 3 is 2.35 bits per heavy atom. The van der Waals surface area contributed by atoms with Crippen LogP contribution in [0.3, 0.4) is 0 Å². The number of phosphoric ester groups is 1. The second kappa shape index (κ2) is 11.8. The van der Waals surface area contributed by atoms with E-state index >= 15 is 0 Å². The molecule has 1 unspecified atom stereocenters. The quantitative estimate of drug-likeness (QED) is 0.144. The number of nitrogens with zero attached hydrogens (tertiary/aromatic N) is 3. The van der Waals surface area contributed by atoms with Crippen LogP contribution >= 0.6 is 35.0 Å². The Kier molecular flexibility index (Phi) is 10.1. The number of nitrogens with two attached hydrogens (primary N) is 1. The van der Waals surface area contributed by atoms with Crippen LogP contribution < -0.4 is 5.73 Å². The van der Waals surface area contributed by atoms with E-state index < -0.39 is 59.4 Å². The normalized spacial score (nSPS) is 20.1. The average Bonchev–Trinajstić information content (AvgIpc) is 3.01.